The van der Waals surface area contributed by atoms with E-state index in [9.17, 15) is 0 Å². The number of likely N-dealkylation sites (tertiary alicyclic amines) is 1. The molecule has 5 N–H and O–H groups in total. The molecule has 0 saturated carbocycles. The number of fused-ring (bicyclic) bond motifs is 1. The van der Waals surface area contributed by atoms with Gasteiger partial charge in [-0.3, -0.25) is 4.68 Å². The van der Waals surface area contributed by atoms with Crippen LogP contribution in [0.1, 0.15) is 30.0 Å². The minimum Gasteiger partial charge on any atom is -0.399 e. The van der Waals surface area contributed by atoms with E-state index in [1.54, 1.807) is 0 Å². The van der Waals surface area contributed by atoms with Crippen LogP contribution in [-0.4, -0.2) is 39.8 Å². The van der Waals surface area contributed by atoms with Gasteiger partial charge in [-0.1, -0.05) is 18.2 Å². The molecule has 3 heterocycles. The van der Waals surface area contributed by atoms with Crippen molar-refractivity contribution in [3.8, 4) is 0 Å². The minimum atomic E-state index is -0.105. The van der Waals surface area contributed by atoms with Crippen molar-refractivity contribution in [1.82, 2.24) is 20.0 Å². The molecule has 0 aliphatic carbocycles. The monoisotopic (exact) mass is 401 g/mol. The first kappa shape index (κ1) is 18.7. The fourth-order valence-corrected chi connectivity index (χ4v) is 4.24. The minimum absolute atomic E-state index is 0.105. The quantitative estimate of drug-likeness (QED) is 0.574. The molecule has 30 heavy (non-hydrogen) atoms. The lowest BCUT2D eigenvalue weighted by molar-refractivity contribution is 0.306. The van der Waals surface area contributed by atoms with E-state index in [1.807, 2.05) is 30.1 Å². The molecule has 2 aliphatic heterocycles. The molecule has 3 aromatic rings. The zero-order valence-corrected chi connectivity index (χ0v) is 17.1. The lowest BCUT2D eigenvalue weighted by atomic mass is 9.92. The Kier molecular flexibility index (Phi) is 4.67. The van der Waals surface area contributed by atoms with Crippen LogP contribution in [0.3, 0.4) is 0 Å². The SMILES string of the molecule is Cn1cc2cc(C3=CNC(N4CCC(N)CC4)=NC3c3ccc(N)cc3)ccc2n1. The fourth-order valence-electron chi connectivity index (χ4n) is 4.24. The molecule has 1 atom stereocenters. The number of benzene rings is 2. The lowest BCUT2D eigenvalue weighted by Gasteiger charge is -2.35. The molecular formula is C23H27N7. The Labute approximate surface area is 176 Å². The highest BCUT2D eigenvalue weighted by Crippen LogP contribution is 2.36. The second-order valence-electron chi connectivity index (χ2n) is 8.17. The highest BCUT2D eigenvalue weighted by Gasteiger charge is 2.26. The van der Waals surface area contributed by atoms with Crippen LogP contribution in [-0.2, 0) is 7.05 Å². The molecule has 1 saturated heterocycles. The standard InChI is InChI=1S/C23H27N7/c1-29-14-17-12-16(4-7-21(17)28-29)20-13-26-23(30-10-8-19(25)9-11-30)27-22(20)15-2-5-18(24)6-3-15/h2-7,12-14,19,22H,8-11,24-25H2,1H3,(H,26,27). The molecule has 2 aromatic carbocycles. The smallest absolute Gasteiger partial charge is 0.198 e. The first-order valence-corrected chi connectivity index (χ1v) is 10.4. The number of nitrogens with zero attached hydrogens (tertiary/aromatic N) is 4. The van der Waals surface area contributed by atoms with E-state index < -0.39 is 0 Å². The molecule has 7 heteroatoms. The molecule has 0 amide bonds. The van der Waals surface area contributed by atoms with Gasteiger partial charge in [-0.2, -0.15) is 5.10 Å². The normalized spacial score (nSPS) is 20.1. The van der Waals surface area contributed by atoms with E-state index in [0.717, 1.165) is 65.2 Å². The van der Waals surface area contributed by atoms with Gasteiger partial charge in [-0.25, -0.2) is 4.99 Å². The molecule has 2 aliphatic rings. The van der Waals surface area contributed by atoms with E-state index >= 15 is 0 Å². The van der Waals surface area contributed by atoms with Crippen molar-refractivity contribution >= 4 is 28.1 Å². The van der Waals surface area contributed by atoms with Crippen LogP contribution in [0, 0.1) is 0 Å². The van der Waals surface area contributed by atoms with Gasteiger partial charge < -0.3 is 21.7 Å². The third kappa shape index (κ3) is 3.52. The van der Waals surface area contributed by atoms with Crippen LogP contribution in [0.5, 0.6) is 0 Å². The van der Waals surface area contributed by atoms with E-state index in [0.29, 0.717) is 0 Å². The van der Waals surface area contributed by atoms with Crippen molar-refractivity contribution in [2.45, 2.75) is 24.9 Å². The number of guanidine groups is 1. The summed E-state index contributed by atoms with van der Waals surface area (Å²) in [5.41, 5.74) is 17.1. The predicted octanol–water partition coefficient (Wildman–Crippen LogP) is 2.62. The second-order valence-corrected chi connectivity index (χ2v) is 8.17. The van der Waals surface area contributed by atoms with Crippen LogP contribution < -0.4 is 16.8 Å². The van der Waals surface area contributed by atoms with Gasteiger partial charge in [0.2, 0.25) is 0 Å². The van der Waals surface area contributed by atoms with Gasteiger partial charge >= 0.3 is 0 Å². The highest BCUT2D eigenvalue weighted by molar-refractivity contribution is 5.90. The van der Waals surface area contributed by atoms with Crippen LogP contribution >= 0.6 is 0 Å². The maximum Gasteiger partial charge on any atom is 0.198 e. The summed E-state index contributed by atoms with van der Waals surface area (Å²) in [6, 6.07) is 14.6. The first-order chi connectivity index (χ1) is 14.6. The summed E-state index contributed by atoms with van der Waals surface area (Å²) >= 11 is 0. The van der Waals surface area contributed by atoms with E-state index in [-0.39, 0.29) is 12.1 Å². The molecule has 0 radical (unpaired) electrons. The number of piperidine rings is 1. The summed E-state index contributed by atoms with van der Waals surface area (Å²) in [6.45, 7) is 1.85. The summed E-state index contributed by atoms with van der Waals surface area (Å²) in [5, 5.41) is 9.05. The number of hydrogen-bond donors (Lipinski definition) is 3. The third-order valence-electron chi connectivity index (χ3n) is 5.95. The van der Waals surface area contributed by atoms with Gasteiger partial charge in [0.1, 0.15) is 6.04 Å². The molecule has 1 unspecified atom stereocenters. The average Bonchev–Trinajstić information content (AvgIpc) is 3.13. The van der Waals surface area contributed by atoms with Gasteiger partial charge in [0.25, 0.3) is 0 Å². The Morgan fingerprint density at radius 2 is 1.83 bits per heavy atom. The van der Waals surface area contributed by atoms with E-state index in [4.69, 9.17) is 16.5 Å². The Balaban J connectivity index is 1.52. The van der Waals surface area contributed by atoms with Gasteiger partial charge in [0.05, 0.1) is 5.52 Å². The Hall–Kier alpha value is -3.32. The number of anilines is 1. The van der Waals surface area contributed by atoms with Gasteiger partial charge in [0, 0.05) is 55.2 Å². The topological polar surface area (TPSA) is 97.5 Å². The summed E-state index contributed by atoms with van der Waals surface area (Å²) in [4.78, 5) is 7.43. The number of nitrogen functional groups attached to an aromatic ring is 1. The first-order valence-electron chi connectivity index (χ1n) is 10.4. The van der Waals surface area contributed by atoms with Gasteiger partial charge in [-0.15, -0.1) is 0 Å². The zero-order valence-electron chi connectivity index (χ0n) is 17.1. The van der Waals surface area contributed by atoms with Crippen molar-refractivity contribution in [3.63, 3.8) is 0 Å². The number of aliphatic imine (C=N–C) groups is 1. The summed E-state index contributed by atoms with van der Waals surface area (Å²) in [5.74, 6) is 0.912. The maximum absolute atomic E-state index is 6.09. The van der Waals surface area contributed by atoms with Crippen LogP contribution in [0.2, 0.25) is 0 Å². The fraction of sp³-hybridized carbons (Fsp3) is 0.304. The molecule has 1 aromatic heterocycles. The molecule has 0 spiro atoms. The Morgan fingerprint density at radius 3 is 2.60 bits per heavy atom. The number of aromatic nitrogens is 2. The highest BCUT2D eigenvalue weighted by atomic mass is 15.3. The zero-order chi connectivity index (χ0) is 20.7. The van der Waals surface area contributed by atoms with Crippen molar-refractivity contribution < 1.29 is 0 Å². The Morgan fingerprint density at radius 1 is 1.07 bits per heavy atom. The number of rotatable bonds is 2. The van der Waals surface area contributed by atoms with Crippen molar-refractivity contribution in [2.75, 3.05) is 18.8 Å². The third-order valence-corrected chi connectivity index (χ3v) is 5.95. The molecule has 5 rings (SSSR count). The molecule has 0 bridgehead atoms. The van der Waals surface area contributed by atoms with Crippen molar-refractivity contribution in [2.24, 2.45) is 17.8 Å². The predicted molar refractivity (Wildman–Crippen MR) is 122 cm³/mol. The largest absolute Gasteiger partial charge is 0.399 e. The second kappa shape index (κ2) is 7.50. The van der Waals surface area contributed by atoms with Crippen molar-refractivity contribution in [3.05, 3.63) is 66.0 Å². The van der Waals surface area contributed by atoms with Gasteiger partial charge in [-0.05, 0) is 48.2 Å². The van der Waals surface area contributed by atoms with E-state index in [2.05, 4.69) is 51.8 Å². The number of nitrogens with two attached hydrogens (primary N) is 2. The van der Waals surface area contributed by atoms with Crippen molar-refractivity contribution in [1.29, 1.82) is 0 Å². The maximum atomic E-state index is 6.09. The lowest BCUT2D eigenvalue weighted by Crippen LogP contribution is -2.48. The molecule has 7 nitrogen and oxygen atoms in total. The van der Waals surface area contributed by atoms with Crippen LogP contribution in [0.4, 0.5) is 5.69 Å². The number of hydrogen-bond acceptors (Lipinski definition) is 6. The van der Waals surface area contributed by atoms with Gasteiger partial charge in [0.15, 0.2) is 5.96 Å². The summed E-state index contributed by atoms with van der Waals surface area (Å²) in [6.07, 6.45) is 6.11. The summed E-state index contributed by atoms with van der Waals surface area (Å²) in [7, 11) is 1.94. The van der Waals surface area contributed by atoms with Crippen LogP contribution in [0.25, 0.3) is 16.5 Å². The molecule has 1 fully saturated rings. The number of nitrogens with one attached hydrogen (secondary N) is 1. The number of aryl methyl sites for hydroxylation is 1. The van der Waals surface area contributed by atoms with E-state index in [1.165, 1.54) is 0 Å². The Bertz CT molecular complexity index is 1120. The molecule has 154 valence electrons. The molecular weight excluding hydrogens is 374 g/mol. The average molecular weight is 402 g/mol. The summed E-state index contributed by atoms with van der Waals surface area (Å²) < 4.78 is 1.84. The van der Waals surface area contributed by atoms with Crippen LogP contribution in [0.15, 0.2) is 59.9 Å².